The molecule has 19 heavy (non-hydrogen) atoms. The molecule has 0 bridgehead atoms. The SMILES string of the molecule is CCC(CSC)N(C)Cc1ccc(C(=N)N)cc1Cl. The maximum absolute atomic E-state index is 7.40. The number of nitrogen functional groups attached to an aromatic ring is 1. The zero-order chi connectivity index (χ0) is 14.4. The summed E-state index contributed by atoms with van der Waals surface area (Å²) in [6.07, 6.45) is 3.26. The molecule has 0 radical (unpaired) electrons. The molecule has 0 saturated carbocycles. The number of nitrogens with one attached hydrogen (secondary N) is 1. The van der Waals surface area contributed by atoms with Gasteiger partial charge in [0.2, 0.25) is 0 Å². The molecule has 0 amide bonds. The lowest BCUT2D eigenvalue weighted by molar-refractivity contribution is 0.248. The second-order valence-electron chi connectivity index (χ2n) is 4.65. The monoisotopic (exact) mass is 299 g/mol. The average Bonchev–Trinajstić information content (AvgIpc) is 2.37. The van der Waals surface area contributed by atoms with Gasteiger partial charge in [0, 0.05) is 28.9 Å². The Labute approximate surface area is 125 Å². The third kappa shape index (κ3) is 4.71. The molecule has 1 aromatic carbocycles. The zero-order valence-corrected chi connectivity index (χ0v) is 13.3. The Kier molecular flexibility index (Phi) is 6.69. The van der Waals surface area contributed by atoms with Crippen LogP contribution in [0.1, 0.15) is 24.5 Å². The number of hydrogen-bond acceptors (Lipinski definition) is 3. The van der Waals surface area contributed by atoms with E-state index in [1.165, 1.54) is 0 Å². The first-order valence-electron chi connectivity index (χ1n) is 6.31. The number of amidine groups is 1. The summed E-state index contributed by atoms with van der Waals surface area (Å²) in [5.74, 6) is 1.17. The molecule has 0 aliphatic heterocycles. The molecule has 1 aromatic rings. The second kappa shape index (κ2) is 7.78. The van der Waals surface area contributed by atoms with Gasteiger partial charge in [-0.05, 0) is 31.4 Å². The number of halogens is 1. The zero-order valence-electron chi connectivity index (χ0n) is 11.7. The Morgan fingerprint density at radius 2 is 2.21 bits per heavy atom. The number of hydrogen-bond donors (Lipinski definition) is 2. The molecule has 0 fully saturated rings. The summed E-state index contributed by atoms with van der Waals surface area (Å²) >= 11 is 8.12. The first-order chi connectivity index (χ1) is 8.99. The quantitative estimate of drug-likeness (QED) is 0.600. The lowest BCUT2D eigenvalue weighted by atomic mass is 10.1. The number of thioether (sulfide) groups is 1. The van der Waals surface area contributed by atoms with E-state index in [0.29, 0.717) is 16.6 Å². The van der Waals surface area contributed by atoms with E-state index in [4.69, 9.17) is 22.7 Å². The molecule has 3 N–H and O–H groups in total. The molecule has 3 nitrogen and oxygen atoms in total. The van der Waals surface area contributed by atoms with Crippen LogP contribution in [0.15, 0.2) is 18.2 Å². The van der Waals surface area contributed by atoms with Crippen molar-refractivity contribution in [3.05, 3.63) is 34.3 Å². The number of benzene rings is 1. The van der Waals surface area contributed by atoms with Crippen molar-refractivity contribution in [2.45, 2.75) is 25.9 Å². The minimum atomic E-state index is 0.0515. The lowest BCUT2D eigenvalue weighted by Crippen LogP contribution is -2.32. The molecule has 0 aliphatic carbocycles. The molecule has 0 heterocycles. The largest absolute Gasteiger partial charge is 0.384 e. The van der Waals surface area contributed by atoms with Gasteiger partial charge < -0.3 is 5.73 Å². The number of nitrogens with two attached hydrogens (primary N) is 1. The number of nitrogens with zero attached hydrogens (tertiary/aromatic N) is 1. The predicted octanol–water partition coefficient (Wildman–Crippen LogP) is 3.20. The summed E-state index contributed by atoms with van der Waals surface area (Å²) in [5, 5.41) is 8.08. The third-order valence-corrected chi connectivity index (χ3v) is 4.31. The molecule has 1 atom stereocenters. The Hall–Kier alpha value is -0.710. The van der Waals surface area contributed by atoms with Gasteiger partial charge in [0.15, 0.2) is 0 Å². The topological polar surface area (TPSA) is 53.1 Å². The van der Waals surface area contributed by atoms with Crippen molar-refractivity contribution in [2.75, 3.05) is 19.1 Å². The van der Waals surface area contributed by atoms with Crippen molar-refractivity contribution in [1.82, 2.24) is 4.90 Å². The lowest BCUT2D eigenvalue weighted by Gasteiger charge is -2.27. The van der Waals surface area contributed by atoms with Gasteiger partial charge in [-0.2, -0.15) is 11.8 Å². The van der Waals surface area contributed by atoms with E-state index in [-0.39, 0.29) is 5.84 Å². The van der Waals surface area contributed by atoms with Gasteiger partial charge in [-0.3, -0.25) is 10.3 Å². The average molecular weight is 300 g/mol. The van der Waals surface area contributed by atoms with E-state index in [9.17, 15) is 0 Å². The van der Waals surface area contributed by atoms with Gasteiger partial charge in [0.05, 0.1) is 0 Å². The van der Waals surface area contributed by atoms with Crippen molar-refractivity contribution in [3.8, 4) is 0 Å². The summed E-state index contributed by atoms with van der Waals surface area (Å²) in [5.41, 5.74) is 7.21. The van der Waals surface area contributed by atoms with Gasteiger partial charge in [-0.1, -0.05) is 30.7 Å². The van der Waals surface area contributed by atoms with Crippen molar-refractivity contribution in [1.29, 1.82) is 5.41 Å². The second-order valence-corrected chi connectivity index (χ2v) is 5.97. The maximum atomic E-state index is 7.40. The highest BCUT2D eigenvalue weighted by Crippen LogP contribution is 2.21. The van der Waals surface area contributed by atoms with Crippen LogP contribution in [-0.4, -0.2) is 35.8 Å². The molecule has 0 aliphatic rings. The van der Waals surface area contributed by atoms with E-state index >= 15 is 0 Å². The van der Waals surface area contributed by atoms with Crippen molar-refractivity contribution in [2.24, 2.45) is 5.73 Å². The summed E-state index contributed by atoms with van der Waals surface area (Å²) in [4.78, 5) is 2.32. The molecular weight excluding hydrogens is 278 g/mol. The summed E-state index contributed by atoms with van der Waals surface area (Å²) in [6, 6.07) is 6.13. The molecular formula is C14H22ClN3S. The van der Waals surface area contributed by atoms with Crippen LogP contribution in [0, 0.1) is 5.41 Å². The van der Waals surface area contributed by atoms with Crippen molar-refractivity contribution >= 4 is 29.2 Å². The summed E-state index contributed by atoms with van der Waals surface area (Å²) in [6.45, 7) is 3.02. The van der Waals surface area contributed by atoms with Gasteiger partial charge in [-0.15, -0.1) is 0 Å². The fourth-order valence-corrected chi connectivity index (χ4v) is 3.11. The van der Waals surface area contributed by atoms with Crippen LogP contribution < -0.4 is 5.73 Å². The van der Waals surface area contributed by atoms with Gasteiger partial charge in [0.1, 0.15) is 5.84 Å². The van der Waals surface area contributed by atoms with Crippen molar-refractivity contribution < 1.29 is 0 Å². The predicted molar refractivity (Wildman–Crippen MR) is 86.4 cm³/mol. The molecule has 1 rings (SSSR count). The smallest absolute Gasteiger partial charge is 0.122 e. The highest BCUT2D eigenvalue weighted by molar-refractivity contribution is 7.98. The van der Waals surface area contributed by atoms with Crippen LogP contribution in [0.3, 0.4) is 0 Å². The molecule has 5 heteroatoms. The first-order valence-corrected chi connectivity index (χ1v) is 8.08. The van der Waals surface area contributed by atoms with E-state index < -0.39 is 0 Å². The maximum Gasteiger partial charge on any atom is 0.122 e. The van der Waals surface area contributed by atoms with Crippen LogP contribution in [0.25, 0.3) is 0 Å². The molecule has 106 valence electrons. The summed E-state index contributed by atoms with van der Waals surface area (Å²) < 4.78 is 0. The number of rotatable bonds is 7. The first kappa shape index (κ1) is 16.3. The molecule has 1 unspecified atom stereocenters. The van der Waals surface area contributed by atoms with Gasteiger partial charge >= 0.3 is 0 Å². The van der Waals surface area contributed by atoms with Crippen molar-refractivity contribution in [3.63, 3.8) is 0 Å². The van der Waals surface area contributed by atoms with E-state index in [1.54, 1.807) is 6.07 Å². The van der Waals surface area contributed by atoms with Crippen LogP contribution in [0.5, 0.6) is 0 Å². The Morgan fingerprint density at radius 1 is 1.53 bits per heavy atom. The van der Waals surface area contributed by atoms with Crippen LogP contribution in [0.4, 0.5) is 0 Å². The highest BCUT2D eigenvalue weighted by atomic mass is 35.5. The molecule has 0 spiro atoms. The Bertz CT molecular complexity index is 437. The Balaban J connectivity index is 2.79. The van der Waals surface area contributed by atoms with Gasteiger partial charge in [-0.25, -0.2) is 0 Å². The van der Waals surface area contributed by atoms with E-state index in [1.807, 2.05) is 23.9 Å². The molecule has 0 aromatic heterocycles. The fraction of sp³-hybridized carbons (Fsp3) is 0.500. The Morgan fingerprint density at radius 3 is 2.68 bits per heavy atom. The normalized spacial score (nSPS) is 12.7. The fourth-order valence-electron chi connectivity index (χ4n) is 1.99. The third-order valence-electron chi connectivity index (χ3n) is 3.24. The van der Waals surface area contributed by atoms with E-state index in [2.05, 4.69) is 25.1 Å². The molecule has 0 saturated heterocycles. The minimum Gasteiger partial charge on any atom is -0.384 e. The van der Waals surface area contributed by atoms with Crippen LogP contribution in [0.2, 0.25) is 5.02 Å². The van der Waals surface area contributed by atoms with Crippen LogP contribution >= 0.6 is 23.4 Å². The van der Waals surface area contributed by atoms with Gasteiger partial charge in [0.25, 0.3) is 0 Å². The van der Waals surface area contributed by atoms with E-state index in [0.717, 1.165) is 24.3 Å². The summed E-state index contributed by atoms with van der Waals surface area (Å²) in [7, 11) is 2.12. The standard InChI is InChI=1S/C14H22ClN3S/c1-4-12(9-19-3)18(2)8-11-6-5-10(14(16)17)7-13(11)15/h5-7,12H,4,8-9H2,1-3H3,(H3,16,17). The van der Waals surface area contributed by atoms with Crippen LogP contribution in [-0.2, 0) is 6.54 Å². The minimum absolute atomic E-state index is 0.0515. The highest BCUT2D eigenvalue weighted by Gasteiger charge is 2.14.